The van der Waals surface area contributed by atoms with E-state index in [0.717, 1.165) is 28.8 Å². The van der Waals surface area contributed by atoms with Crippen molar-refractivity contribution in [1.29, 1.82) is 0 Å². The molecule has 37 heavy (non-hydrogen) atoms. The van der Waals surface area contributed by atoms with E-state index in [1.165, 1.54) is 83.5 Å². The Bertz CT molecular complexity index is 980. The number of amides is 3. The van der Waals surface area contributed by atoms with Gasteiger partial charge in [-0.15, -0.1) is 11.8 Å². The van der Waals surface area contributed by atoms with E-state index in [-0.39, 0.29) is 24.1 Å². The predicted molar refractivity (Wildman–Crippen MR) is 147 cm³/mol. The minimum atomic E-state index is -0.550. The third-order valence-corrected chi connectivity index (χ3v) is 10.4. The van der Waals surface area contributed by atoms with Crippen molar-refractivity contribution in [1.82, 2.24) is 15.5 Å². The Balaban J connectivity index is 0.978. The smallest absolute Gasteiger partial charge is 0.255 e. The molecule has 2 aliphatic carbocycles. The summed E-state index contributed by atoms with van der Waals surface area (Å²) < 4.78 is 0. The standard InChI is InChI=1S/C30H43N3O3S/c34-27-12-11-25(28(35)32-27)33-21-24-23(29(33)36)9-8-10-26(24)37-20-7-2-1-6-19-31-22-13-17-30(18-14-22)15-4-3-5-16-30/h8-10,22,25,31H,1-7,11-21H2,(H,32,34,35). The largest absolute Gasteiger partial charge is 0.322 e. The summed E-state index contributed by atoms with van der Waals surface area (Å²) in [5, 5.41) is 6.22. The van der Waals surface area contributed by atoms with Crippen LogP contribution in [-0.4, -0.2) is 47.0 Å². The molecule has 2 saturated carbocycles. The molecule has 3 fully saturated rings. The Morgan fingerprint density at radius 2 is 1.73 bits per heavy atom. The highest BCUT2D eigenvalue weighted by molar-refractivity contribution is 7.99. The van der Waals surface area contributed by atoms with Gasteiger partial charge in [0.05, 0.1) is 0 Å². The number of piperidine rings is 1. The lowest BCUT2D eigenvalue weighted by Crippen LogP contribution is -2.52. The third kappa shape index (κ3) is 6.42. The van der Waals surface area contributed by atoms with Crippen molar-refractivity contribution in [3.05, 3.63) is 29.3 Å². The number of thioether (sulfide) groups is 1. The number of nitrogens with one attached hydrogen (secondary N) is 2. The molecule has 0 aromatic heterocycles. The van der Waals surface area contributed by atoms with E-state index in [4.69, 9.17) is 0 Å². The van der Waals surface area contributed by atoms with Crippen molar-refractivity contribution >= 4 is 29.5 Å². The minimum absolute atomic E-state index is 0.0914. The molecular formula is C30H43N3O3S. The number of unbranched alkanes of at least 4 members (excludes halogenated alkanes) is 3. The molecular weight excluding hydrogens is 482 g/mol. The van der Waals surface area contributed by atoms with E-state index in [1.54, 1.807) is 4.90 Å². The summed E-state index contributed by atoms with van der Waals surface area (Å²) in [4.78, 5) is 39.6. The fourth-order valence-corrected chi connectivity index (χ4v) is 8.09. The Labute approximate surface area is 226 Å². The number of imide groups is 1. The van der Waals surface area contributed by atoms with E-state index < -0.39 is 6.04 Å². The van der Waals surface area contributed by atoms with Crippen molar-refractivity contribution in [2.45, 2.75) is 120 Å². The van der Waals surface area contributed by atoms with Crippen LogP contribution in [0.1, 0.15) is 112 Å². The molecule has 0 bridgehead atoms. The SMILES string of the molecule is O=C1CCC(N2Cc3c(SCCCCCCNC4CCC5(CCCCC5)CC4)cccc3C2=O)C(=O)N1. The molecule has 5 rings (SSSR count). The third-order valence-electron chi connectivity index (χ3n) is 9.26. The molecule has 6 nitrogen and oxygen atoms in total. The molecule has 1 atom stereocenters. The summed E-state index contributed by atoms with van der Waals surface area (Å²) >= 11 is 1.83. The quantitative estimate of drug-likeness (QED) is 0.237. The second kappa shape index (κ2) is 12.3. The van der Waals surface area contributed by atoms with Crippen molar-refractivity contribution in [2.24, 2.45) is 5.41 Å². The van der Waals surface area contributed by atoms with Gasteiger partial charge >= 0.3 is 0 Å². The first-order valence-electron chi connectivity index (χ1n) is 14.7. The van der Waals surface area contributed by atoms with Crippen molar-refractivity contribution in [3.8, 4) is 0 Å². The van der Waals surface area contributed by atoms with Crippen LogP contribution in [0.5, 0.6) is 0 Å². The molecule has 2 heterocycles. The van der Waals surface area contributed by atoms with Crippen LogP contribution in [0.25, 0.3) is 0 Å². The molecule has 1 aromatic rings. The monoisotopic (exact) mass is 525 g/mol. The molecule has 3 amide bonds. The molecule has 1 spiro atoms. The maximum absolute atomic E-state index is 13.0. The number of carbonyl (C=O) groups is 3. The summed E-state index contributed by atoms with van der Waals surface area (Å²) in [5.74, 6) is 0.351. The highest BCUT2D eigenvalue weighted by Crippen LogP contribution is 2.47. The maximum Gasteiger partial charge on any atom is 0.255 e. The topological polar surface area (TPSA) is 78.5 Å². The molecule has 2 N–H and O–H groups in total. The van der Waals surface area contributed by atoms with Crippen molar-refractivity contribution in [2.75, 3.05) is 12.3 Å². The molecule has 202 valence electrons. The van der Waals surface area contributed by atoms with Gasteiger partial charge in [-0.2, -0.15) is 0 Å². The average Bonchev–Trinajstić information content (AvgIpc) is 3.24. The number of nitrogens with zero attached hydrogens (tertiary/aromatic N) is 1. The number of hydrogen-bond acceptors (Lipinski definition) is 5. The lowest BCUT2D eigenvalue weighted by molar-refractivity contribution is -0.136. The van der Waals surface area contributed by atoms with Gasteiger partial charge in [0.25, 0.3) is 5.91 Å². The summed E-state index contributed by atoms with van der Waals surface area (Å²) in [6.07, 6.45) is 18.6. The molecule has 0 radical (unpaired) electrons. The van der Waals surface area contributed by atoms with Crippen LogP contribution in [0.2, 0.25) is 0 Å². The van der Waals surface area contributed by atoms with Gasteiger partial charge < -0.3 is 10.2 Å². The zero-order chi connectivity index (χ0) is 25.7. The highest BCUT2D eigenvalue weighted by atomic mass is 32.2. The van der Waals surface area contributed by atoms with Crippen LogP contribution < -0.4 is 10.6 Å². The van der Waals surface area contributed by atoms with E-state index in [2.05, 4.69) is 16.7 Å². The van der Waals surface area contributed by atoms with Gasteiger partial charge in [-0.05, 0) is 93.2 Å². The van der Waals surface area contributed by atoms with E-state index in [1.807, 2.05) is 23.9 Å². The fraction of sp³-hybridized carbons (Fsp3) is 0.700. The molecule has 1 aromatic carbocycles. The Hall–Kier alpha value is -1.86. The second-order valence-corrected chi connectivity index (χ2v) is 12.9. The van der Waals surface area contributed by atoms with Crippen LogP contribution in [0.4, 0.5) is 0 Å². The molecule has 7 heteroatoms. The zero-order valence-electron chi connectivity index (χ0n) is 22.2. The van der Waals surface area contributed by atoms with Crippen LogP contribution >= 0.6 is 11.8 Å². The molecule has 1 unspecified atom stereocenters. The van der Waals surface area contributed by atoms with Crippen molar-refractivity contribution < 1.29 is 14.4 Å². The minimum Gasteiger partial charge on any atom is -0.322 e. The number of hydrogen-bond donors (Lipinski definition) is 2. The first-order chi connectivity index (χ1) is 18.0. The molecule has 1 saturated heterocycles. The summed E-state index contributed by atoms with van der Waals surface area (Å²) in [7, 11) is 0. The van der Waals surface area contributed by atoms with Gasteiger partial charge in [-0.3, -0.25) is 19.7 Å². The van der Waals surface area contributed by atoms with E-state index in [9.17, 15) is 14.4 Å². The fourth-order valence-electron chi connectivity index (χ4n) is 7.00. The van der Waals surface area contributed by atoms with E-state index >= 15 is 0 Å². The number of benzene rings is 1. The van der Waals surface area contributed by atoms with E-state index in [0.29, 0.717) is 23.9 Å². The first-order valence-corrected chi connectivity index (χ1v) is 15.7. The summed E-state index contributed by atoms with van der Waals surface area (Å²) in [6.45, 7) is 1.60. The number of rotatable bonds is 10. The number of carbonyl (C=O) groups excluding carboxylic acids is 3. The van der Waals surface area contributed by atoms with Gasteiger partial charge in [-0.25, -0.2) is 0 Å². The van der Waals surface area contributed by atoms with Crippen molar-refractivity contribution in [3.63, 3.8) is 0 Å². The molecule has 4 aliphatic rings. The first kappa shape index (κ1) is 26.7. The van der Waals surface area contributed by atoms with Gasteiger partial charge in [-0.1, -0.05) is 38.2 Å². The highest BCUT2D eigenvalue weighted by Gasteiger charge is 2.40. The van der Waals surface area contributed by atoms with Crippen LogP contribution in [0, 0.1) is 5.41 Å². The average molecular weight is 526 g/mol. The van der Waals surface area contributed by atoms with Crippen LogP contribution in [0.3, 0.4) is 0 Å². The van der Waals surface area contributed by atoms with Crippen LogP contribution in [0.15, 0.2) is 23.1 Å². The Morgan fingerprint density at radius 3 is 2.51 bits per heavy atom. The lowest BCUT2D eigenvalue weighted by Gasteiger charge is -2.43. The normalized spacial score (nSPS) is 23.9. The predicted octanol–water partition coefficient (Wildman–Crippen LogP) is 5.58. The van der Waals surface area contributed by atoms with Gasteiger partial charge in [0.1, 0.15) is 6.04 Å². The molecule has 2 aliphatic heterocycles. The second-order valence-electron chi connectivity index (χ2n) is 11.7. The van der Waals surface area contributed by atoms with Crippen LogP contribution in [-0.2, 0) is 16.1 Å². The number of fused-ring (bicyclic) bond motifs is 1. The summed E-state index contributed by atoms with van der Waals surface area (Å²) in [5.41, 5.74) is 2.45. The Morgan fingerprint density at radius 1 is 0.946 bits per heavy atom. The lowest BCUT2D eigenvalue weighted by atomic mass is 9.64. The summed E-state index contributed by atoms with van der Waals surface area (Å²) in [6, 6.07) is 6.09. The van der Waals surface area contributed by atoms with Gasteiger partial charge in [0.2, 0.25) is 11.8 Å². The van der Waals surface area contributed by atoms with Gasteiger partial charge in [0.15, 0.2) is 0 Å². The maximum atomic E-state index is 13.0. The Kier molecular flexibility index (Phi) is 8.91. The van der Waals surface area contributed by atoms with Gasteiger partial charge in [0, 0.05) is 29.5 Å². The zero-order valence-corrected chi connectivity index (χ0v) is 23.0.